The molecule has 4 atom stereocenters. The van der Waals surface area contributed by atoms with Gasteiger partial charge in [-0.05, 0) is 24.6 Å². The summed E-state index contributed by atoms with van der Waals surface area (Å²) in [6.45, 7) is 1.59. The van der Waals surface area contributed by atoms with Crippen LogP contribution >= 0.6 is 25.3 Å². The van der Waals surface area contributed by atoms with Crippen molar-refractivity contribution in [2.24, 2.45) is 11.8 Å². The maximum absolute atomic E-state index is 11.8. The maximum atomic E-state index is 11.8. The number of ether oxygens (including phenoxy) is 2. The highest BCUT2D eigenvalue weighted by Crippen LogP contribution is 2.38. The van der Waals surface area contributed by atoms with Gasteiger partial charge >= 0.3 is 29.8 Å². The fourth-order valence-corrected chi connectivity index (χ4v) is 3.15. The molecule has 0 spiro atoms. The lowest BCUT2D eigenvalue weighted by molar-refractivity contribution is -0.163. The number of aryl methyl sites for hydroxylation is 1. The first-order valence-corrected chi connectivity index (χ1v) is 9.64. The summed E-state index contributed by atoms with van der Waals surface area (Å²) in [6, 6.07) is 3.87. The third kappa shape index (κ3) is 6.95. The van der Waals surface area contributed by atoms with Gasteiger partial charge in [0.2, 0.25) is 0 Å². The van der Waals surface area contributed by atoms with E-state index >= 15 is 0 Å². The van der Waals surface area contributed by atoms with Crippen LogP contribution in [0.4, 0.5) is 0 Å². The summed E-state index contributed by atoms with van der Waals surface area (Å²) < 4.78 is 10.7. The van der Waals surface area contributed by atoms with Gasteiger partial charge in [-0.1, -0.05) is 6.07 Å². The maximum Gasteiger partial charge on any atom is 0.359 e. The zero-order valence-corrected chi connectivity index (χ0v) is 18.2. The minimum atomic E-state index is -2.86. The quantitative estimate of drug-likeness (QED) is 0.153. The summed E-state index contributed by atoms with van der Waals surface area (Å²) in [5.41, 5.74) is -1.00. The second-order valence-corrected chi connectivity index (χ2v) is 7.77. The molecule has 0 saturated heterocycles. The molecule has 4 unspecified atom stereocenters. The summed E-state index contributed by atoms with van der Waals surface area (Å²) in [6.07, 6.45) is -1.97. The number of aliphatic carboxylic acids is 5. The van der Waals surface area contributed by atoms with Crippen LogP contribution in [0, 0.1) is 18.8 Å². The Morgan fingerprint density at radius 1 is 0.938 bits per heavy atom. The molecule has 32 heavy (non-hydrogen) atoms. The molecule has 12 nitrogen and oxygen atoms in total. The molecule has 1 aromatic rings. The first kappa shape index (κ1) is 26.9. The number of hydrogen-bond donors (Lipinski definition) is 7. The third-order valence-electron chi connectivity index (χ3n) is 4.12. The fourth-order valence-electron chi connectivity index (χ4n) is 2.50. The minimum absolute atomic E-state index is 0.291. The molecule has 0 aromatic heterocycles. The Labute approximate surface area is 191 Å². The van der Waals surface area contributed by atoms with Gasteiger partial charge in [0.05, 0.1) is 12.8 Å². The molecule has 176 valence electrons. The van der Waals surface area contributed by atoms with Gasteiger partial charge in [-0.3, -0.25) is 19.2 Å². The molecule has 0 aliphatic carbocycles. The highest BCUT2D eigenvalue weighted by atomic mass is 32.1. The predicted molar refractivity (Wildman–Crippen MR) is 111 cm³/mol. The van der Waals surface area contributed by atoms with Crippen molar-refractivity contribution in [3.05, 3.63) is 23.8 Å². The van der Waals surface area contributed by atoms with Crippen LogP contribution in [0.15, 0.2) is 18.2 Å². The number of carboxylic acids is 5. The van der Waals surface area contributed by atoms with E-state index in [1.54, 1.807) is 6.92 Å². The molecule has 0 saturated carbocycles. The van der Waals surface area contributed by atoms with Crippen molar-refractivity contribution < 1.29 is 59.0 Å². The van der Waals surface area contributed by atoms with Crippen molar-refractivity contribution in [1.82, 2.24) is 0 Å². The van der Waals surface area contributed by atoms with Gasteiger partial charge in [0.15, 0.2) is 16.9 Å². The standard InChI is InChI=1S/C18H20O12S2/c1-7-2-3-10(11(4-7)29-16(31)8(14(23)24)5-12(19)20)30-18(32,17(27)28)9(15(25)26)6-13(21)22/h2-4,8-9,16,31-32H,5-6H2,1H3,(H,19,20)(H,21,22)(H,23,24)(H,25,26)(H,27,28). The highest BCUT2D eigenvalue weighted by Gasteiger charge is 2.51. The second kappa shape index (κ2) is 10.9. The van der Waals surface area contributed by atoms with Crippen molar-refractivity contribution in [2.45, 2.75) is 30.1 Å². The monoisotopic (exact) mass is 492 g/mol. The number of carbonyl (C=O) groups is 5. The molecule has 0 amide bonds. The molecule has 0 aliphatic rings. The van der Waals surface area contributed by atoms with Crippen LogP contribution in [0.5, 0.6) is 11.5 Å². The van der Waals surface area contributed by atoms with Gasteiger partial charge in [0, 0.05) is 0 Å². The Morgan fingerprint density at radius 2 is 1.50 bits per heavy atom. The number of thiol groups is 2. The number of benzene rings is 1. The van der Waals surface area contributed by atoms with E-state index in [0.29, 0.717) is 5.56 Å². The lowest BCUT2D eigenvalue weighted by Gasteiger charge is -2.31. The molecule has 1 aromatic carbocycles. The van der Waals surface area contributed by atoms with Crippen LogP contribution in [0.1, 0.15) is 18.4 Å². The van der Waals surface area contributed by atoms with Crippen LogP contribution in [-0.4, -0.2) is 65.7 Å². The number of rotatable bonds is 13. The zero-order chi connectivity index (χ0) is 24.8. The second-order valence-electron chi connectivity index (χ2n) is 6.59. The first-order valence-electron chi connectivity index (χ1n) is 8.68. The number of hydrogen-bond acceptors (Lipinski definition) is 9. The van der Waals surface area contributed by atoms with Crippen molar-refractivity contribution in [1.29, 1.82) is 0 Å². The summed E-state index contributed by atoms with van der Waals surface area (Å²) >= 11 is 7.78. The van der Waals surface area contributed by atoms with Gasteiger partial charge < -0.3 is 35.0 Å². The normalized spacial score (nSPS) is 15.5. The summed E-state index contributed by atoms with van der Waals surface area (Å²) in [4.78, 5) is 53.8. The van der Waals surface area contributed by atoms with E-state index in [1.807, 2.05) is 0 Å². The van der Waals surface area contributed by atoms with Gasteiger partial charge in [-0.15, -0.1) is 25.3 Å². The average molecular weight is 492 g/mol. The summed E-state index contributed by atoms with van der Waals surface area (Å²) in [5.74, 6) is -12.7. The lowest BCUT2D eigenvalue weighted by atomic mass is 9.97. The van der Waals surface area contributed by atoms with Crippen LogP contribution < -0.4 is 9.47 Å². The molecule has 1 rings (SSSR count). The van der Waals surface area contributed by atoms with Crippen molar-refractivity contribution >= 4 is 55.1 Å². The van der Waals surface area contributed by atoms with E-state index in [2.05, 4.69) is 25.3 Å². The fraction of sp³-hybridized carbons (Fsp3) is 0.389. The smallest absolute Gasteiger partial charge is 0.359 e. The van der Waals surface area contributed by atoms with E-state index in [-0.39, 0.29) is 5.75 Å². The Morgan fingerprint density at radius 3 is 1.94 bits per heavy atom. The average Bonchev–Trinajstić information content (AvgIpc) is 2.65. The van der Waals surface area contributed by atoms with Gasteiger partial charge in [0.1, 0.15) is 11.8 Å². The summed E-state index contributed by atoms with van der Waals surface area (Å²) in [5, 5.41) is 46.0. The Balaban J connectivity index is 3.40. The summed E-state index contributed by atoms with van der Waals surface area (Å²) in [7, 11) is 0. The zero-order valence-electron chi connectivity index (χ0n) is 16.4. The Kier molecular flexibility index (Phi) is 9.21. The van der Waals surface area contributed by atoms with E-state index < -0.39 is 70.6 Å². The van der Waals surface area contributed by atoms with Crippen LogP contribution in [0.2, 0.25) is 0 Å². The van der Waals surface area contributed by atoms with E-state index in [9.17, 15) is 39.3 Å². The third-order valence-corrected chi connectivity index (χ3v) is 5.18. The first-order chi connectivity index (χ1) is 14.7. The van der Waals surface area contributed by atoms with Crippen LogP contribution in [-0.2, 0) is 24.0 Å². The Bertz CT molecular complexity index is 917. The van der Waals surface area contributed by atoms with Gasteiger partial charge in [0.25, 0.3) is 4.93 Å². The molecule has 0 fully saturated rings. The molecule has 0 bridgehead atoms. The van der Waals surface area contributed by atoms with E-state index in [0.717, 1.165) is 0 Å². The Hall–Kier alpha value is -3.13. The molecule has 0 aliphatic heterocycles. The van der Waals surface area contributed by atoms with Crippen molar-refractivity contribution in [3.8, 4) is 11.5 Å². The molecular formula is C18H20O12S2. The molecule has 0 heterocycles. The van der Waals surface area contributed by atoms with E-state index in [1.165, 1.54) is 18.2 Å². The predicted octanol–water partition coefficient (Wildman–Crippen LogP) is 1.07. The van der Waals surface area contributed by atoms with Gasteiger partial charge in [-0.25, -0.2) is 4.79 Å². The largest absolute Gasteiger partial charge is 0.481 e. The molecule has 14 heteroatoms. The SMILES string of the molecule is Cc1ccc(OC(S)(C(=O)O)C(CC(=O)O)C(=O)O)c(OC(S)C(CC(=O)O)C(=O)O)c1. The topological polar surface area (TPSA) is 205 Å². The van der Waals surface area contributed by atoms with Crippen molar-refractivity contribution in [2.75, 3.05) is 0 Å². The minimum Gasteiger partial charge on any atom is -0.481 e. The van der Waals surface area contributed by atoms with Crippen molar-refractivity contribution in [3.63, 3.8) is 0 Å². The number of carboxylic acid groups (broad SMARTS) is 5. The molecule has 0 radical (unpaired) electrons. The van der Waals surface area contributed by atoms with Crippen LogP contribution in [0.25, 0.3) is 0 Å². The van der Waals surface area contributed by atoms with E-state index in [4.69, 9.17) is 19.7 Å². The lowest BCUT2D eigenvalue weighted by Crippen LogP contribution is -2.50. The van der Waals surface area contributed by atoms with Gasteiger partial charge in [-0.2, -0.15) is 0 Å². The molecular weight excluding hydrogens is 472 g/mol. The molecule has 5 N–H and O–H groups in total. The van der Waals surface area contributed by atoms with Crippen LogP contribution in [0.3, 0.4) is 0 Å². The highest BCUT2D eigenvalue weighted by molar-refractivity contribution is 7.82.